The van der Waals surface area contributed by atoms with Gasteiger partial charge >= 0.3 is 12.1 Å². The molecule has 0 spiro atoms. The number of allylic oxidation sites excluding steroid dienone is 1. The lowest BCUT2D eigenvalue weighted by atomic mass is 9.90. The highest BCUT2D eigenvalue weighted by molar-refractivity contribution is 5.78. The number of aliphatic hydroxyl groups is 2. The third-order valence-corrected chi connectivity index (χ3v) is 4.01. The Morgan fingerprint density at radius 3 is 2.19 bits per heavy atom. The summed E-state index contributed by atoms with van der Waals surface area (Å²) in [4.78, 5) is 10.9. The van der Waals surface area contributed by atoms with E-state index < -0.39 is 36.3 Å². The van der Waals surface area contributed by atoms with Gasteiger partial charge in [0.2, 0.25) is 0 Å². The van der Waals surface area contributed by atoms with Crippen LogP contribution < -0.4 is 5.73 Å². The lowest BCUT2D eigenvalue weighted by Gasteiger charge is -2.28. The Morgan fingerprint density at radius 2 is 1.69 bits per heavy atom. The lowest BCUT2D eigenvalue weighted by molar-refractivity contribution is -0.150. The number of alkyl halides is 3. The third kappa shape index (κ3) is 7.15. The van der Waals surface area contributed by atoms with E-state index in [2.05, 4.69) is 0 Å². The fraction of sp³-hybridized carbons (Fsp3) is 0.500. The number of hydrogen-bond acceptors (Lipinski definition) is 4. The molecule has 1 aromatic rings. The van der Waals surface area contributed by atoms with E-state index in [1.54, 1.807) is 24.3 Å². The Morgan fingerprint density at radius 1 is 1.15 bits per heavy atom. The number of halogens is 3. The second kappa shape index (κ2) is 9.16. The molecule has 0 fully saturated rings. The first kappa shape index (κ1) is 22.1. The van der Waals surface area contributed by atoms with Gasteiger partial charge in [-0.1, -0.05) is 36.4 Å². The summed E-state index contributed by atoms with van der Waals surface area (Å²) in [6.07, 6.45) is -3.56. The van der Waals surface area contributed by atoms with Crippen molar-refractivity contribution in [2.75, 3.05) is 0 Å². The molecule has 0 amide bonds. The van der Waals surface area contributed by atoms with Gasteiger partial charge in [-0.05, 0) is 37.3 Å². The first-order chi connectivity index (χ1) is 11.9. The number of aliphatic hydroxyl groups excluding tert-OH is 2. The van der Waals surface area contributed by atoms with Crippen molar-refractivity contribution in [3.05, 3.63) is 47.5 Å². The van der Waals surface area contributed by atoms with Crippen LogP contribution in [0.1, 0.15) is 30.9 Å². The molecule has 0 saturated heterocycles. The summed E-state index contributed by atoms with van der Waals surface area (Å²) in [6, 6.07) is 6.17. The van der Waals surface area contributed by atoms with E-state index >= 15 is 0 Å². The number of benzene rings is 1. The molecule has 0 radical (unpaired) electrons. The second-order valence-electron chi connectivity index (χ2n) is 6.45. The molecule has 8 heteroatoms. The van der Waals surface area contributed by atoms with Crippen LogP contribution in [0.25, 0.3) is 0 Å². The highest BCUT2D eigenvalue weighted by Gasteiger charge is 2.40. The second-order valence-corrected chi connectivity index (χ2v) is 6.45. The quantitative estimate of drug-likeness (QED) is 0.496. The van der Waals surface area contributed by atoms with E-state index in [4.69, 9.17) is 10.8 Å². The summed E-state index contributed by atoms with van der Waals surface area (Å²) < 4.78 is 36.8. The van der Waals surface area contributed by atoms with Gasteiger partial charge in [0.1, 0.15) is 11.6 Å². The van der Waals surface area contributed by atoms with Crippen LogP contribution in [-0.2, 0) is 17.6 Å². The molecule has 0 aliphatic carbocycles. The SMILES string of the molecule is CC(N)(C(=O)O)C(O)C(O)C/C=C/CCc1ccc(CC(F)(F)F)cc1. The summed E-state index contributed by atoms with van der Waals surface area (Å²) in [7, 11) is 0. The smallest absolute Gasteiger partial charge is 0.393 e. The zero-order valence-electron chi connectivity index (χ0n) is 14.4. The number of carbonyl (C=O) groups is 1. The van der Waals surface area contributed by atoms with Crippen LogP contribution in [0, 0.1) is 0 Å². The largest absolute Gasteiger partial charge is 0.480 e. The molecule has 1 rings (SSSR count). The van der Waals surface area contributed by atoms with Gasteiger partial charge in [0.05, 0.1) is 12.5 Å². The maximum Gasteiger partial charge on any atom is 0.393 e. The van der Waals surface area contributed by atoms with Gasteiger partial charge in [-0.3, -0.25) is 4.79 Å². The molecule has 0 saturated carbocycles. The van der Waals surface area contributed by atoms with Crippen LogP contribution in [0.4, 0.5) is 13.2 Å². The van der Waals surface area contributed by atoms with Crippen LogP contribution in [0.5, 0.6) is 0 Å². The van der Waals surface area contributed by atoms with Gasteiger partial charge < -0.3 is 21.1 Å². The maximum absolute atomic E-state index is 12.3. The molecule has 0 heterocycles. The van der Waals surface area contributed by atoms with Crippen LogP contribution in [0.2, 0.25) is 0 Å². The number of carboxylic acids is 1. The average molecular weight is 375 g/mol. The summed E-state index contributed by atoms with van der Waals surface area (Å²) in [6.45, 7) is 1.12. The van der Waals surface area contributed by atoms with Crippen molar-refractivity contribution in [2.24, 2.45) is 5.73 Å². The highest BCUT2D eigenvalue weighted by atomic mass is 19.4. The zero-order valence-corrected chi connectivity index (χ0v) is 14.4. The van der Waals surface area contributed by atoms with E-state index in [1.165, 1.54) is 12.1 Å². The van der Waals surface area contributed by atoms with E-state index in [0.29, 0.717) is 12.8 Å². The van der Waals surface area contributed by atoms with Gasteiger partial charge in [-0.15, -0.1) is 0 Å². The van der Waals surface area contributed by atoms with Gasteiger partial charge in [-0.25, -0.2) is 0 Å². The van der Waals surface area contributed by atoms with E-state index in [1.807, 2.05) is 0 Å². The third-order valence-electron chi connectivity index (χ3n) is 4.01. The molecule has 0 aliphatic heterocycles. The average Bonchev–Trinajstić information content (AvgIpc) is 2.53. The molecule has 5 N–H and O–H groups in total. The predicted octanol–water partition coefficient (Wildman–Crippen LogP) is 2.19. The fourth-order valence-electron chi connectivity index (χ4n) is 2.31. The Labute approximate surface area is 150 Å². The minimum atomic E-state index is -4.23. The zero-order chi connectivity index (χ0) is 20.0. The molecular weight excluding hydrogens is 351 g/mol. The Balaban J connectivity index is 2.42. The van der Waals surface area contributed by atoms with Crippen molar-refractivity contribution < 1.29 is 33.3 Å². The molecule has 5 nitrogen and oxygen atoms in total. The topological polar surface area (TPSA) is 104 Å². The summed E-state index contributed by atoms with van der Waals surface area (Å²) in [5.74, 6) is -1.41. The minimum absolute atomic E-state index is 0.0335. The molecule has 0 aliphatic rings. The molecule has 146 valence electrons. The van der Waals surface area contributed by atoms with Crippen LogP contribution in [0.3, 0.4) is 0 Å². The van der Waals surface area contributed by atoms with Crippen LogP contribution in [0.15, 0.2) is 36.4 Å². The first-order valence-corrected chi connectivity index (χ1v) is 8.11. The lowest BCUT2D eigenvalue weighted by Crippen LogP contribution is -2.58. The van der Waals surface area contributed by atoms with E-state index in [0.717, 1.165) is 12.5 Å². The van der Waals surface area contributed by atoms with Gasteiger partial charge in [0.15, 0.2) is 0 Å². The van der Waals surface area contributed by atoms with Gasteiger partial charge in [0, 0.05) is 0 Å². The molecule has 3 unspecified atom stereocenters. The number of aliphatic carboxylic acids is 1. The summed E-state index contributed by atoms with van der Waals surface area (Å²) >= 11 is 0. The number of nitrogens with two attached hydrogens (primary N) is 1. The monoisotopic (exact) mass is 375 g/mol. The molecule has 0 aromatic heterocycles. The minimum Gasteiger partial charge on any atom is -0.480 e. The Hall–Kier alpha value is -1.90. The molecule has 3 atom stereocenters. The molecule has 26 heavy (non-hydrogen) atoms. The fourth-order valence-corrected chi connectivity index (χ4v) is 2.31. The van der Waals surface area contributed by atoms with Gasteiger partial charge in [-0.2, -0.15) is 13.2 Å². The van der Waals surface area contributed by atoms with Crippen molar-refractivity contribution in [2.45, 2.75) is 56.5 Å². The highest BCUT2D eigenvalue weighted by Crippen LogP contribution is 2.21. The summed E-state index contributed by atoms with van der Waals surface area (Å²) in [5.41, 5.74) is 4.59. The van der Waals surface area contributed by atoms with E-state index in [9.17, 15) is 28.2 Å². The van der Waals surface area contributed by atoms with Crippen molar-refractivity contribution in [1.82, 2.24) is 0 Å². The molecule has 0 bridgehead atoms. The van der Waals surface area contributed by atoms with Gasteiger partial charge in [0.25, 0.3) is 0 Å². The van der Waals surface area contributed by atoms with Crippen molar-refractivity contribution in [1.29, 1.82) is 0 Å². The maximum atomic E-state index is 12.3. The Kier molecular flexibility index (Phi) is 7.80. The number of rotatable bonds is 9. The Bertz CT molecular complexity index is 612. The van der Waals surface area contributed by atoms with Crippen molar-refractivity contribution in [3.63, 3.8) is 0 Å². The first-order valence-electron chi connectivity index (χ1n) is 8.11. The number of aryl methyl sites for hydroxylation is 1. The normalized spacial score (nSPS) is 17.0. The van der Waals surface area contributed by atoms with Crippen LogP contribution >= 0.6 is 0 Å². The van der Waals surface area contributed by atoms with E-state index in [-0.39, 0.29) is 12.0 Å². The van der Waals surface area contributed by atoms with Crippen molar-refractivity contribution in [3.8, 4) is 0 Å². The molecular formula is C18H24F3NO4. The van der Waals surface area contributed by atoms with Crippen molar-refractivity contribution >= 4 is 5.97 Å². The summed E-state index contributed by atoms with van der Waals surface area (Å²) in [5, 5.41) is 28.5. The number of hydrogen-bond donors (Lipinski definition) is 4. The number of carboxylic acid groups (broad SMARTS) is 1. The molecule has 1 aromatic carbocycles. The predicted molar refractivity (Wildman–Crippen MR) is 90.5 cm³/mol. The van der Waals surface area contributed by atoms with Crippen LogP contribution in [-0.4, -0.2) is 45.2 Å². The standard InChI is InChI=1S/C18H24F3NO4/c1-17(22,16(25)26)15(24)14(23)6-4-2-3-5-12-7-9-13(10-8-12)11-18(19,20)21/h2,4,7-10,14-15,23-24H,3,5-6,11,22H2,1H3,(H,25,26)/b4-2+.